The molecule has 0 atom stereocenters. The first-order chi connectivity index (χ1) is 11.8. The van der Waals surface area contributed by atoms with Crippen LogP contribution >= 0.6 is 0 Å². The van der Waals surface area contributed by atoms with Gasteiger partial charge < -0.3 is 14.8 Å². The summed E-state index contributed by atoms with van der Waals surface area (Å²) in [6.45, 7) is 0. The highest BCUT2D eigenvalue weighted by Gasteiger charge is 2.30. The molecule has 134 valence electrons. The second-order valence-corrected chi connectivity index (χ2v) is 6.22. The maximum absolute atomic E-state index is 12.8. The fraction of sp³-hybridized carbons (Fsp3) is 0.389. The molecule has 1 heterocycles. The highest BCUT2D eigenvalue weighted by Crippen LogP contribution is 2.32. The third kappa shape index (κ3) is 4.22. The van der Waals surface area contributed by atoms with Crippen molar-refractivity contribution in [3.8, 4) is 11.3 Å². The van der Waals surface area contributed by atoms with Crippen LogP contribution in [0.15, 0.2) is 40.8 Å². The van der Waals surface area contributed by atoms with Crippen LogP contribution in [0.2, 0.25) is 0 Å². The lowest BCUT2D eigenvalue weighted by atomic mass is 9.93. The van der Waals surface area contributed by atoms with Crippen molar-refractivity contribution in [1.82, 2.24) is 5.32 Å². The number of nitrogens with one attached hydrogen (secondary N) is 1. The smallest absolute Gasteiger partial charge is 0.416 e. The lowest BCUT2D eigenvalue weighted by Gasteiger charge is -2.25. The number of carbonyl (C=O) groups is 1. The zero-order valence-electron chi connectivity index (χ0n) is 13.3. The molecular formula is C18H18F3NO3. The molecule has 0 spiro atoms. The molecule has 2 aromatic rings. The summed E-state index contributed by atoms with van der Waals surface area (Å²) in [5, 5.41) is 12.3. The highest BCUT2D eigenvalue weighted by molar-refractivity contribution is 5.92. The van der Waals surface area contributed by atoms with E-state index in [2.05, 4.69) is 5.32 Å². The van der Waals surface area contributed by atoms with Crippen LogP contribution in [0, 0.1) is 0 Å². The third-order valence-electron chi connectivity index (χ3n) is 4.34. The first kappa shape index (κ1) is 17.5. The molecule has 0 aliphatic heterocycles. The van der Waals surface area contributed by atoms with Gasteiger partial charge in [0.05, 0.1) is 11.7 Å². The summed E-state index contributed by atoms with van der Waals surface area (Å²) < 4.78 is 43.8. The average Bonchev–Trinajstić information content (AvgIpc) is 3.06. The average molecular weight is 353 g/mol. The Bertz CT molecular complexity index is 746. The fourth-order valence-corrected chi connectivity index (χ4v) is 2.94. The number of furan rings is 1. The monoisotopic (exact) mass is 353 g/mol. The molecule has 1 amide bonds. The first-order valence-electron chi connectivity index (χ1n) is 8.09. The van der Waals surface area contributed by atoms with Gasteiger partial charge in [0.2, 0.25) is 0 Å². The van der Waals surface area contributed by atoms with Crippen LogP contribution in [-0.4, -0.2) is 23.2 Å². The van der Waals surface area contributed by atoms with E-state index < -0.39 is 17.6 Å². The van der Waals surface area contributed by atoms with Gasteiger partial charge in [0.25, 0.3) is 5.91 Å². The summed E-state index contributed by atoms with van der Waals surface area (Å²) in [5.74, 6) is -0.145. The number of alkyl halides is 3. The fourth-order valence-electron chi connectivity index (χ4n) is 2.94. The summed E-state index contributed by atoms with van der Waals surface area (Å²) >= 11 is 0. The van der Waals surface area contributed by atoms with Crippen LogP contribution < -0.4 is 5.32 Å². The van der Waals surface area contributed by atoms with Gasteiger partial charge in [-0.25, -0.2) is 0 Å². The largest absolute Gasteiger partial charge is 0.451 e. The molecule has 4 nitrogen and oxygen atoms in total. The number of hydrogen-bond donors (Lipinski definition) is 2. The van der Waals surface area contributed by atoms with Crippen molar-refractivity contribution in [2.75, 3.05) is 0 Å². The molecule has 25 heavy (non-hydrogen) atoms. The molecule has 0 bridgehead atoms. The number of benzene rings is 1. The van der Waals surface area contributed by atoms with E-state index in [1.54, 1.807) is 0 Å². The number of amides is 1. The van der Waals surface area contributed by atoms with Gasteiger partial charge >= 0.3 is 6.18 Å². The maximum atomic E-state index is 12.8. The van der Waals surface area contributed by atoms with Gasteiger partial charge in [-0.1, -0.05) is 12.1 Å². The summed E-state index contributed by atoms with van der Waals surface area (Å²) in [7, 11) is 0. The van der Waals surface area contributed by atoms with Crippen molar-refractivity contribution >= 4 is 5.91 Å². The van der Waals surface area contributed by atoms with Crippen LogP contribution in [0.25, 0.3) is 11.3 Å². The topological polar surface area (TPSA) is 62.5 Å². The van der Waals surface area contributed by atoms with Crippen molar-refractivity contribution < 1.29 is 27.5 Å². The van der Waals surface area contributed by atoms with E-state index in [0.717, 1.165) is 12.1 Å². The second-order valence-electron chi connectivity index (χ2n) is 6.22. The molecular weight excluding hydrogens is 335 g/mol. The van der Waals surface area contributed by atoms with Gasteiger partial charge in [0.15, 0.2) is 5.76 Å². The minimum absolute atomic E-state index is 0.0296. The molecule has 1 aromatic heterocycles. The van der Waals surface area contributed by atoms with Gasteiger partial charge in [0, 0.05) is 11.6 Å². The van der Waals surface area contributed by atoms with Gasteiger partial charge in [0.1, 0.15) is 5.76 Å². The van der Waals surface area contributed by atoms with Crippen LogP contribution in [0.1, 0.15) is 41.8 Å². The summed E-state index contributed by atoms with van der Waals surface area (Å²) in [6, 6.07) is 7.67. The number of rotatable bonds is 3. The summed E-state index contributed by atoms with van der Waals surface area (Å²) in [6.07, 6.45) is -2.10. The van der Waals surface area contributed by atoms with Crippen LogP contribution in [-0.2, 0) is 6.18 Å². The summed E-state index contributed by atoms with van der Waals surface area (Å²) in [4.78, 5) is 12.2. The third-order valence-corrected chi connectivity index (χ3v) is 4.34. The molecule has 0 unspecified atom stereocenters. The van der Waals surface area contributed by atoms with Crippen molar-refractivity contribution in [1.29, 1.82) is 0 Å². The van der Waals surface area contributed by atoms with Crippen molar-refractivity contribution in [2.24, 2.45) is 0 Å². The van der Waals surface area contributed by atoms with E-state index in [0.29, 0.717) is 25.7 Å². The second kappa shape index (κ2) is 6.92. The molecule has 7 heteroatoms. The minimum atomic E-state index is -4.44. The molecule has 1 aliphatic rings. The Labute approximate surface area is 142 Å². The SMILES string of the molecule is O=C(NC1CCC(O)CC1)c1ccc(-c2cccc(C(F)(F)F)c2)o1. The highest BCUT2D eigenvalue weighted by atomic mass is 19.4. The van der Waals surface area contributed by atoms with E-state index in [1.165, 1.54) is 24.3 Å². The Morgan fingerprint density at radius 3 is 2.52 bits per heavy atom. The van der Waals surface area contributed by atoms with Crippen molar-refractivity contribution in [3.05, 3.63) is 47.7 Å². The number of halogens is 3. The molecule has 0 saturated heterocycles. The quantitative estimate of drug-likeness (QED) is 0.877. The normalized spacial score (nSPS) is 21.1. The molecule has 1 aliphatic carbocycles. The summed E-state index contributed by atoms with van der Waals surface area (Å²) in [5.41, 5.74) is -0.511. The first-order valence-corrected chi connectivity index (χ1v) is 8.09. The number of carbonyl (C=O) groups excluding carboxylic acids is 1. The Balaban J connectivity index is 1.71. The molecule has 2 N–H and O–H groups in total. The van der Waals surface area contributed by atoms with E-state index in [4.69, 9.17) is 4.42 Å². The van der Waals surface area contributed by atoms with E-state index in [9.17, 15) is 23.1 Å². The van der Waals surface area contributed by atoms with Gasteiger partial charge in [-0.2, -0.15) is 13.2 Å². The van der Waals surface area contributed by atoms with E-state index in [1.807, 2.05) is 0 Å². The lowest BCUT2D eigenvalue weighted by Crippen LogP contribution is -2.38. The maximum Gasteiger partial charge on any atom is 0.416 e. The van der Waals surface area contributed by atoms with Crippen molar-refractivity contribution in [2.45, 2.75) is 44.0 Å². The van der Waals surface area contributed by atoms with Crippen molar-refractivity contribution in [3.63, 3.8) is 0 Å². The zero-order valence-corrected chi connectivity index (χ0v) is 13.3. The van der Waals surface area contributed by atoms with Crippen LogP contribution in [0.5, 0.6) is 0 Å². The van der Waals surface area contributed by atoms with Gasteiger partial charge in [-0.3, -0.25) is 4.79 Å². The van der Waals surface area contributed by atoms with Crippen LogP contribution in [0.3, 0.4) is 0 Å². The number of hydrogen-bond acceptors (Lipinski definition) is 3. The lowest BCUT2D eigenvalue weighted by molar-refractivity contribution is -0.137. The van der Waals surface area contributed by atoms with E-state index >= 15 is 0 Å². The molecule has 3 rings (SSSR count). The molecule has 1 saturated carbocycles. The number of aliphatic hydroxyl groups is 1. The van der Waals surface area contributed by atoms with Gasteiger partial charge in [-0.15, -0.1) is 0 Å². The minimum Gasteiger partial charge on any atom is -0.451 e. The Morgan fingerprint density at radius 2 is 1.84 bits per heavy atom. The van der Waals surface area contributed by atoms with E-state index in [-0.39, 0.29) is 29.2 Å². The van der Waals surface area contributed by atoms with Gasteiger partial charge in [-0.05, 0) is 49.9 Å². The number of aliphatic hydroxyl groups excluding tert-OH is 1. The zero-order chi connectivity index (χ0) is 18.0. The van der Waals surface area contributed by atoms with Crippen LogP contribution in [0.4, 0.5) is 13.2 Å². The molecule has 0 radical (unpaired) electrons. The Hall–Kier alpha value is -2.28. The predicted molar refractivity (Wildman–Crippen MR) is 84.9 cm³/mol. The standard InChI is InChI=1S/C18H18F3NO3/c19-18(20,21)12-3-1-2-11(10-12)15-8-9-16(25-15)17(24)22-13-4-6-14(23)7-5-13/h1-3,8-10,13-14,23H,4-7H2,(H,22,24). The molecule has 1 aromatic carbocycles. The predicted octanol–water partition coefficient (Wildman–Crippen LogP) is 4.00. The Kier molecular flexibility index (Phi) is 4.85. The molecule has 1 fully saturated rings. The Morgan fingerprint density at radius 1 is 1.12 bits per heavy atom.